The van der Waals surface area contributed by atoms with Crippen LogP contribution in [0.1, 0.15) is 16.7 Å². The van der Waals surface area contributed by atoms with Gasteiger partial charge < -0.3 is 14.2 Å². The highest BCUT2D eigenvalue weighted by atomic mass is 16.6. The minimum atomic E-state index is -0.518. The summed E-state index contributed by atoms with van der Waals surface area (Å²) in [6.07, 6.45) is 4.85. The number of aliphatic imine (C=N–C) groups is 1. The molecule has 1 aliphatic rings. The zero-order chi connectivity index (χ0) is 17.1. The van der Waals surface area contributed by atoms with Crippen molar-refractivity contribution in [3.8, 4) is 11.5 Å². The highest BCUT2D eigenvalue weighted by molar-refractivity contribution is 6.12. The van der Waals surface area contributed by atoms with E-state index < -0.39 is 5.97 Å². The fourth-order valence-electron chi connectivity index (χ4n) is 2.36. The maximum Gasteiger partial charge on any atom is 0.363 e. The van der Waals surface area contributed by atoms with Crippen molar-refractivity contribution < 1.29 is 19.0 Å². The first-order chi connectivity index (χ1) is 11.6. The average molecular weight is 324 g/mol. The summed E-state index contributed by atoms with van der Waals surface area (Å²) in [6.45, 7) is 1.92. The smallest absolute Gasteiger partial charge is 0.363 e. The number of pyridine rings is 1. The number of hydrogen-bond acceptors (Lipinski definition) is 6. The zero-order valence-electron chi connectivity index (χ0n) is 13.6. The van der Waals surface area contributed by atoms with Gasteiger partial charge in [-0.05, 0) is 42.8 Å². The maximum absolute atomic E-state index is 12.1. The van der Waals surface area contributed by atoms with Gasteiger partial charge in [0, 0.05) is 18.0 Å². The number of hydrogen-bond donors (Lipinski definition) is 0. The van der Waals surface area contributed by atoms with E-state index in [1.165, 1.54) is 0 Å². The molecule has 0 N–H and O–H groups in total. The van der Waals surface area contributed by atoms with Crippen LogP contribution >= 0.6 is 0 Å². The Labute approximate surface area is 139 Å². The average Bonchev–Trinajstić information content (AvgIpc) is 2.97. The Morgan fingerprint density at radius 1 is 1.17 bits per heavy atom. The van der Waals surface area contributed by atoms with Crippen molar-refractivity contribution in [2.75, 3.05) is 14.2 Å². The lowest BCUT2D eigenvalue weighted by Crippen LogP contribution is -2.05. The van der Waals surface area contributed by atoms with Crippen molar-refractivity contribution in [3.05, 3.63) is 59.0 Å². The Bertz CT molecular complexity index is 842. The molecule has 6 heteroatoms. The molecule has 0 amide bonds. The number of aromatic nitrogens is 1. The highest BCUT2D eigenvalue weighted by Crippen LogP contribution is 2.31. The lowest BCUT2D eigenvalue weighted by Gasteiger charge is -2.10. The second kappa shape index (κ2) is 6.54. The molecule has 2 heterocycles. The van der Waals surface area contributed by atoms with Crippen molar-refractivity contribution in [1.82, 2.24) is 4.98 Å². The molecule has 6 nitrogen and oxygen atoms in total. The minimum absolute atomic E-state index is 0.193. The number of nitrogens with zero attached hydrogens (tertiary/aromatic N) is 2. The Balaban J connectivity index is 2.02. The van der Waals surface area contributed by atoms with Crippen LogP contribution in [0.5, 0.6) is 11.5 Å². The Kier molecular flexibility index (Phi) is 4.29. The number of benzene rings is 1. The van der Waals surface area contributed by atoms with Gasteiger partial charge >= 0.3 is 5.97 Å². The van der Waals surface area contributed by atoms with Crippen molar-refractivity contribution >= 4 is 17.9 Å². The largest absolute Gasteiger partial charge is 0.496 e. The summed E-state index contributed by atoms with van der Waals surface area (Å²) in [5, 5.41) is 0. The third-order valence-electron chi connectivity index (χ3n) is 3.57. The monoisotopic (exact) mass is 324 g/mol. The van der Waals surface area contributed by atoms with Crippen LogP contribution in [0, 0.1) is 6.92 Å². The van der Waals surface area contributed by atoms with Crippen molar-refractivity contribution in [3.63, 3.8) is 0 Å². The summed E-state index contributed by atoms with van der Waals surface area (Å²) in [6, 6.07) is 7.17. The molecule has 0 atom stereocenters. The molecule has 0 bridgehead atoms. The Hall–Kier alpha value is -3.15. The summed E-state index contributed by atoms with van der Waals surface area (Å²) < 4.78 is 15.9. The fourth-order valence-corrected chi connectivity index (χ4v) is 2.36. The van der Waals surface area contributed by atoms with E-state index >= 15 is 0 Å². The summed E-state index contributed by atoms with van der Waals surface area (Å²) in [5.41, 5.74) is 2.45. The molecule has 0 saturated carbocycles. The van der Waals surface area contributed by atoms with E-state index in [9.17, 15) is 4.79 Å². The maximum atomic E-state index is 12.1. The molecule has 0 unspecified atom stereocenters. The zero-order valence-corrected chi connectivity index (χ0v) is 13.6. The van der Waals surface area contributed by atoms with Gasteiger partial charge in [-0.25, -0.2) is 9.79 Å². The predicted octanol–water partition coefficient (Wildman–Crippen LogP) is 2.75. The summed E-state index contributed by atoms with van der Waals surface area (Å²) in [4.78, 5) is 20.3. The number of carbonyl (C=O) groups is 1. The summed E-state index contributed by atoms with van der Waals surface area (Å²) in [7, 11) is 3.16. The van der Waals surface area contributed by atoms with Gasteiger partial charge in [0.05, 0.1) is 19.8 Å². The van der Waals surface area contributed by atoms with Crippen LogP contribution in [-0.2, 0) is 9.53 Å². The topological polar surface area (TPSA) is 70.0 Å². The van der Waals surface area contributed by atoms with Crippen LogP contribution in [0.4, 0.5) is 0 Å². The second-order valence-corrected chi connectivity index (χ2v) is 5.14. The van der Waals surface area contributed by atoms with Crippen LogP contribution in [-0.4, -0.2) is 31.1 Å². The van der Waals surface area contributed by atoms with Gasteiger partial charge in [-0.3, -0.25) is 4.98 Å². The van der Waals surface area contributed by atoms with Gasteiger partial charge in [0.25, 0.3) is 0 Å². The van der Waals surface area contributed by atoms with E-state index in [1.807, 2.05) is 13.0 Å². The van der Waals surface area contributed by atoms with Gasteiger partial charge in [-0.2, -0.15) is 0 Å². The molecule has 24 heavy (non-hydrogen) atoms. The lowest BCUT2D eigenvalue weighted by atomic mass is 10.1. The number of rotatable bonds is 4. The van der Waals surface area contributed by atoms with Gasteiger partial charge in [0.2, 0.25) is 5.90 Å². The molecule has 1 aromatic heterocycles. The quantitative estimate of drug-likeness (QED) is 0.639. The van der Waals surface area contributed by atoms with Gasteiger partial charge in [-0.15, -0.1) is 0 Å². The molecule has 2 aromatic rings. The molecule has 1 aliphatic heterocycles. The molecule has 0 aliphatic carbocycles. The van der Waals surface area contributed by atoms with Gasteiger partial charge in [0.15, 0.2) is 5.70 Å². The van der Waals surface area contributed by atoms with Crippen molar-refractivity contribution in [1.29, 1.82) is 0 Å². The number of esters is 1. The standard InChI is InChI=1S/C18H16N2O4/c1-11-7-16(23-3)13(9-15(11)22-2)8-14-18(21)24-17(20-14)12-5-4-6-19-10-12/h4-10H,1-3H3/b14-8+. The number of aryl methyl sites for hydroxylation is 1. The number of carbonyl (C=O) groups excluding carboxylic acids is 1. The Morgan fingerprint density at radius 2 is 1.96 bits per heavy atom. The molecule has 0 radical (unpaired) electrons. The van der Waals surface area contributed by atoms with Crippen LogP contribution in [0.25, 0.3) is 6.08 Å². The van der Waals surface area contributed by atoms with E-state index in [0.717, 1.165) is 5.56 Å². The molecule has 3 rings (SSSR count). The first-order valence-electron chi connectivity index (χ1n) is 7.28. The predicted molar refractivity (Wildman–Crippen MR) is 89.1 cm³/mol. The van der Waals surface area contributed by atoms with Crippen LogP contribution in [0.2, 0.25) is 0 Å². The van der Waals surface area contributed by atoms with Crippen molar-refractivity contribution in [2.24, 2.45) is 4.99 Å². The molecule has 0 spiro atoms. The van der Waals surface area contributed by atoms with E-state index in [-0.39, 0.29) is 11.6 Å². The highest BCUT2D eigenvalue weighted by Gasteiger charge is 2.24. The first kappa shape index (κ1) is 15.7. The third-order valence-corrected chi connectivity index (χ3v) is 3.57. The normalized spacial score (nSPS) is 15.2. The number of ether oxygens (including phenoxy) is 3. The fraction of sp³-hybridized carbons (Fsp3) is 0.167. The van der Waals surface area contributed by atoms with E-state index in [1.54, 1.807) is 50.9 Å². The first-order valence-corrected chi connectivity index (χ1v) is 7.28. The van der Waals surface area contributed by atoms with Crippen LogP contribution in [0.15, 0.2) is 47.3 Å². The molecule has 122 valence electrons. The molecular weight excluding hydrogens is 308 g/mol. The minimum Gasteiger partial charge on any atom is -0.496 e. The number of cyclic esters (lactones) is 1. The van der Waals surface area contributed by atoms with E-state index in [2.05, 4.69) is 9.98 Å². The molecule has 0 fully saturated rings. The van der Waals surface area contributed by atoms with Crippen molar-refractivity contribution in [2.45, 2.75) is 6.92 Å². The molecule has 0 saturated heterocycles. The Morgan fingerprint density at radius 3 is 2.62 bits per heavy atom. The van der Waals surface area contributed by atoms with E-state index in [4.69, 9.17) is 14.2 Å². The van der Waals surface area contributed by atoms with Gasteiger partial charge in [0.1, 0.15) is 11.5 Å². The lowest BCUT2D eigenvalue weighted by molar-refractivity contribution is -0.129. The SMILES string of the molecule is COc1cc(/C=C2/N=C(c3cccnc3)OC2=O)c(OC)cc1C. The molecule has 1 aromatic carbocycles. The van der Waals surface area contributed by atoms with Crippen LogP contribution < -0.4 is 9.47 Å². The van der Waals surface area contributed by atoms with Gasteiger partial charge in [-0.1, -0.05) is 0 Å². The summed E-state index contributed by atoms with van der Waals surface area (Å²) >= 11 is 0. The summed E-state index contributed by atoms with van der Waals surface area (Å²) in [5.74, 6) is 1.04. The number of methoxy groups -OCH3 is 2. The second-order valence-electron chi connectivity index (χ2n) is 5.14. The third kappa shape index (κ3) is 2.99. The van der Waals surface area contributed by atoms with E-state index in [0.29, 0.717) is 22.6 Å². The van der Waals surface area contributed by atoms with Crippen LogP contribution in [0.3, 0.4) is 0 Å². The molecular formula is C18H16N2O4.